The number of carbonyl (C=O) groups excluding carboxylic acids is 1. The molecule has 1 aliphatic rings. The molecule has 0 saturated carbocycles. The minimum atomic E-state index is -3.57. The number of carbonyl (C=O) groups is 1. The number of nitrogens with one attached hydrogen (secondary N) is 1. The van der Waals surface area contributed by atoms with Crippen molar-refractivity contribution in [3.05, 3.63) is 101 Å². The summed E-state index contributed by atoms with van der Waals surface area (Å²) in [7, 11) is -3.57. The Morgan fingerprint density at radius 2 is 1.66 bits per heavy atom. The number of hydrogen-bond donors (Lipinski definition) is 1. The van der Waals surface area contributed by atoms with Crippen molar-refractivity contribution >= 4 is 44.3 Å². The Kier molecular flexibility index (Phi) is 7.37. The van der Waals surface area contributed by atoms with E-state index in [9.17, 15) is 13.2 Å². The fourth-order valence-corrected chi connectivity index (χ4v) is 6.72. The number of nitrogens with zero attached hydrogens (tertiary/aromatic N) is 5. The third kappa shape index (κ3) is 5.50. The van der Waals surface area contributed by atoms with Crippen molar-refractivity contribution in [1.82, 2.24) is 23.6 Å². The van der Waals surface area contributed by atoms with E-state index < -0.39 is 10.0 Å². The van der Waals surface area contributed by atoms with Gasteiger partial charge in [-0.2, -0.15) is 9.40 Å². The Hall–Kier alpha value is -3.99. The van der Waals surface area contributed by atoms with Crippen molar-refractivity contribution in [3.8, 4) is 5.95 Å². The molecule has 1 saturated heterocycles. The lowest BCUT2D eigenvalue weighted by Gasteiger charge is -2.25. The van der Waals surface area contributed by atoms with E-state index in [4.69, 9.17) is 16.6 Å². The van der Waals surface area contributed by atoms with Gasteiger partial charge in [0.15, 0.2) is 0 Å². The van der Waals surface area contributed by atoms with E-state index in [1.165, 1.54) is 28.6 Å². The van der Waals surface area contributed by atoms with Gasteiger partial charge in [0.05, 0.1) is 40.1 Å². The number of aromatic nitrogens is 4. The number of piperidine rings is 1. The third-order valence-corrected chi connectivity index (χ3v) is 9.47. The number of hydrogen-bond acceptors (Lipinski definition) is 5. The largest absolute Gasteiger partial charge is 0.319 e. The van der Waals surface area contributed by atoms with Crippen LogP contribution >= 0.6 is 11.6 Å². The molecule has 0 unspecified atom stereocenters. The lowest BCUT2D eigenvalue weighted by Crippen LogP contribution is -2.35. The molecule has 0 atom stereocenters. The van der Waals surface area contributed by atoms with Crippen LogP contribution in [0.3, 0.4) is 0 Å². The molecule has 210 valence electrons. The Balaban J connectivity index is 1.25. The van der Waals surface area contributed by atoms with Crippen molar-refractivity contribution in [2.75, 3.05) is 18.4 Å². The van der Waals surface area contributed by atoms with Crippen LogP contribution in [-0.4, -0.2) is 51.1 Å². The Bertz CT molecular complexity index is 1820. The molecule has 3 aromatic carbocycles. The molecule has 0 aliphatic carbocycles. The summed E-state index contributed by atoms with van der Waals surface area (Å²) < 4.78 is 31.2. The highest BCUT2D eigenvalue weighted by Crippen LogP contribution is 2.25. The number of sulfonamides is 1. The summed E-state index contributed by atoms with van der Waals surface area (Å²) in [4.78, 5) is 18.1. The van der Waals surface area contributed by atoms with Crippen molar-refractivity contribution in [2.45, 2.75) is 37.6 Å². The van der Waals surface area contributed by atoms with Gasteiger partial charge in [-0.3, -0.25) is 4.79 Å². The molecule has 2 aromatic heterocycles. The van der Waals surface area contributed by atoms with Crippen LogP contribution in [0, 0.1) is 6.92 Å². The molecule has 6 rings (SSSR count). The summed E-state index contributed by atoms with van der Waals surface area (Å²) in [6.07, 6.45) is 4.51. The van der Waals surface area contributed by atoms with Crippen molar-refractivity contribution < 1.29 is 13.2 Å². The maximum atomic E-state index is 13.1. The number of imidazole rings is 1. The lowest BCUT2D eigenvalue weighted by atomic mass is 10.2. The summed E-state index contributed by atoms with van der Waals surface area (Å²) in [5, 5.41) is 8.24. The zero-order chi connectivity index (χ0) is 28.6. The minimum absolute atomic E-state index is 0.194. The van der Waals surface area contributed by atoms with Crippen LogP contribution in [0.1, 0.15) is 40.9 Å². The number of anilines is 1. The molecule has 9 nitrogen and oxygen atoms in total. The first-order chi connectivity index (χ1) is 19.8. The van der Waals surface area contributed by atoms with E-state index in [1.54, 1.807) is 10.9 Å². The average molecular weight is 589 g/mol. The smallest absolute Gasteiger partial charge is 0.255 e. The van der Waals surface area contributed by atoms with Gasteiger partial charge in [0.25, 0.3) is 5.91 Å². The summed E-state index contributed by atoms with van der Waals surface area (Å²) in [6, 6.07) is 21.6. The Morgan fingerprint density at radius 3 is 2.39 bits per heavy atom. The van der Waals surface area contributed by atoms with E-state index in [-0.39, 0.29) is 10.8 Å². The highest BCUT2D eigenvalue weighted by molar-refractivity contribution is 7.89. The number of halogens is 1. The number of rotatable bonds is 7. The lowest BCUT2D eigenvalue weighted by molar-refractivity contribution is 0.102. The second kappa shape index (κ2) is 11.1. The molecule has 0 bridgehead atoms. The monoisotopic (exact) mass is 588 g/mol. The van der Waals surface area contributed by atoms with Gasteiger partial charge in [-0.15, -0.1) is 0 Å². The van der Waals surface area contributed by atoms with Crippen LogP contribution in [0.25, 0.3) is 17.0 Å². The fourth-order valence-electron chi connectivity index (χ4n) is 5.08. The van der Waals surface area contributed by atoms with Crippen LogP contribution in [0.2, 0.25) is 5.02 Å². The van der Waals surface area contributed by atoms with Crippen LogP contribution < -0.4 is 5.32 Å². The summed E-state index contributed by atoms with van der Waals surface area (Å²) >= 11 is 6.09. The third-order valence-electron chi connectivity index (χ3n) is 7.31. The topological polar surface area (TPSA) is 102 Å². The average Bonchev–Trinajstić information content (AvgIpc) is 3.54. The number of amides is 1. The standard InChI is InChI=1S/C30H29ClN6O3S/c1-21-27(32-29(38)23-11-15-25(16-12-23)41(39,40)35-17-5-2-6-18-35)20-37(34-21)30-33-26-7-3-4-8-28(26)36(30)19-22-9-13-24(31)14-10-22/h3-4,7-16,20H,2,5-6,17-19H2,1H3,(H,32,38). The van der Waals surface area contributed by atoms with Gasteiger partial charge in [-0.05, 0) is 73.9 Å². The van der Waals surface area contributed by atoms with Gasteiger partial charge in [-0.25, -0.2) is 18.1 Å². The zero-order valence-electron chi connectivity index (χ0n) is 22.5. The predicted octanol–water partition coefficient (Wildman–Crippen LogP) is 5.66. The van der Waals surface area contributed by atoms with E-state index in [0.29, 0.717) is 47.6 Å². The van der Waals surface area contributed by atoms with E-state index in [0.717, 1.165) is 35.9 Å². The molecule has 0 spiro atoms. The van der Waals surface area contributed by atoms with Gasteiger partial charge in [0.2, 0.25) is 16.0 Å². The van der Waals surface area contributed by atoms with E-state index >= 15 is 0 Å². The van der Waals surface area contributed by atoms with Crippen LogP contribution in [-0.2, 0) is 16.6 Å². The van der Waals surface area contributed by atoms with Gasteiger partial charge in [-0.1, -0.05) is 42.3 Å². The molecule has 1 aliphatic heterocycles. The molecule has 1 N–H and O–H groups in total. The zero-order valence-corrected chi connectivity index (χ0v) is 24.1. The molecule has 1 fully saturated rings. The summed E-state index contributed by atoms with van der Waals surface area (Å²) in [5.74, 6) is 0.251. The summed E-state index contributed by atoms with van der Waals surface area (Å²) in [6.45, 7) is 3.43. The molecular formula is C30H29ClN6O3S. The summed E-state index contributed by atoms with van der Waals surface area (Å²) in [5.41, 5.74) is 4.34. The normalized spacial score (nSPS) is 14.4. The van der Waals surface area contributed by atoms with Gasteiger partial charge >= 0.3 is 0 Å². The Morgan fingerprint density at radius 1 is 0.951 bits per heavy atom. The first kappa shape index (κ1) is 27.2. The van der Waals surface area contributed by atoms with E-state index in [2.05, 4.69) is 15.0 Å². The predicted molar refractivity (Wildman–Crippen MR) is 159 cm³/mol. The van der Waals surface area contributed by atoms with Crippen LogP contribution in [0.15, 0.2) is 83.9 Å². The molecule has 0 radical (unpaired) electrons. The Labute approximate surface area is 243 Å². The molecule has 5 aromatic rings. The highest BCUT2D eigenvalue weighted by atomic mass is 35.5. The second-order valence-corrected chi connectivity index (χ2v) is 12.5. The number of aryl methyl sites for hydroxylation is 1. The fraction of sp³-hybridized carbons (Fsp3) is 0.233. The first-order valence-corrected chi connectivity index (χ1v) is 15.3. The minimum Gasteiger partial charge on any atom is -0.319 e. The quantitative estimate of drug-likeness (QED) is 0.264. The van der Waals surface area contributed by atoms with Crippen LogP contribution in [0.4, 0.5) is 5.69 Å². The number of benzene rings is 3. The molecule has 1 amide bonds. The SMILES string of the molecule is Cc1nn(-c2nc3ccccc3n2Cc2ccc(Cl)cc2)cc1NC(=O)c1ccc(S(=O)(=O)N2CCCCC2)cc1. The highest BCUT2D eigenvalue weighted by Gasteiger charge is 2.26. The van der Waals surface area contributed by atoms with Crippen molar-refractivity contribution in [1.29, 1.82) is 0 Å². The van der Waals surface area contributed by atoms with Crippen molar-refractivity contribution in [3.63, 3.8) is 0 Å². The molecule has 41 heavy (non-hydrogen) atoms. The van der Waals surface area contributed by atoms with Crippen molar-refractivity contribution in [2.24, 2.45) is 0 Å². The molecule has 3 heterocycles. The maximum Gasteiger partial charge on any atom is 0.255 e. The maximum absolute atomic E-state index is 13.1. The van der Waals surface area contributed by atoms with Gasteiger partial charge in [0.1, 0.15) is 0 Å². The second-order valence-electron chi connectivity index (χ2n) is 10.1. The first-order valence-electron chi connectivity index (χ1n) is 13.5. The van der Waals surface area contributed by atoms with E-state index in [1.807, 2.05) is 55.5 Å². The van der Waals surface area contributed by atoms with Gasteiger partial charge < -0.3 is 9.88 Å². The van der Waals surface area contributed by atoms with Gasteiger partial charge in [0, 0.05) is 23.7 Å². The van der Waals surface area contributed by atoms with Crippen LogP contribution in [0.5, 0.6) is 0 Å². The number of para-hydroxylation sites is 2. The molecule has 11 heteroatoms. The molecular weight excluding hydrogens is 560 g/mol. The number of fused-ring (bicyclic) bond motifs is 1.